The zero-order valence-electron chi connectivity index (χ0n) is 7.01. The van der Waals surface area contributed by atoms with E-state index in [0.717, 1.165) is 0 Å². The van der Waals surface area contributed by atoms with Crippen molar-refractivity contribution in [2.75, 3.05) is 5.73 Å². The second kappa shape index (κ2) is 3.37. The fourth-order valence-corrected chi connectivity index (χ4v) is 1.01. The molecule has 0 saturated carbocycles. The quantitative estimate of drug-likeness (QED) is 0.344. The minimum absolute atomic E-state index is 0.358. The third-order valence-corrected chi connectivity index (χ3v) is 1.66. The van der Waals surface area contributed by atoms with Crippen LogP contribution in [0.2, 0.25) is 0 Å². The molecule has 1 aromatic rings. The highest BCUT2D eigenvalue weighted by atomic mass is 19.4. The molecule has 4 nitrogen and oxygen atoms in total. The molecule has 0 fully saturated rings. The predicted molar refractivity (Wildman–Crippen MR) is 42.5 cm³/mol. The van der Waals surface area contributed by atoms with Crippen molar-refractivity contribution in [3.63, 3.8) is 0 Å². The van der Waals surface area contributed by atoms with Crippen molar-refractivity contribution >= 4 is 11.4 Å². The van der Waals surface area contributed by atoms with Crippen LogP contribution >= 0.6 is 0 Å². The summed E-state index contributed by atoms with van der Waals surface area (Å²) in [4.78, 5) is 8.95. The molecule has 1 aromatic carbocycles. The summed E-state index contributed by atoms with van der Waals surface area (Å²) in [7, 11) is 0. The number of anilines is 1. The van der Waals surface area contributed by atoms with E-state index in [1.807, 2.05) is 0 Å². The Morgan fingerprint density at radius 1 is 1.33 bits per heavy atom. The lowest BCUT2D eigenvalue weighted by molar-refractivity contribution is -0.386. The van der Waals surface area contributed by atoms with Gasteiger partial charge in [0.15, 0.2) is 0 Å². The van der Waals surface area contributed by atoms with Crippen molar-refractivity contribution in [3.05, 3.63) is 33.6 Å². The van der Waals surface area contributed by atoms with E-state index in [0.29, 0.717) is 12.1 Å². The Bertz CT molecular complexity index is 416. The van der Waals surface area contributed by atoms with Crippen molar-refractivity contribution in [2.45, 2.75) is 6.18 Å². The van der Waals surface area contributed by atoms with E-state index >= 15 is 0 Å². The monoisotopic (exact) mass is 224 g/mol. The summed E-state index contributed by atoms with van der Waals surface area (Å²) >= 11 is 0. The molecule has 0 aromatic heterocycles. The smallest absolute Gasteiger partial charge is 0.393 e. The minimum atomic E-state index is -4.84. The van der Waals surface area contributed by atoms with Gasteiger partial charge in [0.05, 0.1) is 10.5 Å². The summed E-state index contributed by atoms with van der Waals surface area (Å²) in [6, 6.07) is 0.717. The molecule has 0 atom stereocenters. The molecule has 1 rings (SSSR count). The maximum Gasteiger partial charge on any atom is 0.418 e. The van der Waals surface area contributed by atoms with Gasteiger partial charge in [-0.3, -0.25) is 10.1 Å². The third-order valence-electron chi connectivity index (χ3n) is 1.66. The predicted octanol–water partition coefficient (Wildman–Crippen LogP) is 2.33. The van der Waals surface area contributed by atoms with E-state index in [9.17, 15) is 27.7 Å². The molecule has 0 unspecified atom stereocenters. The number of nitrogens with two attached hydrogens (primary N) is 1. The normalized spacial score (nSPS) is 11.5. The number of nitrogen functional groups attached to an aromatic ring is 1. The van der Waals surface area contributed by atoms with Crippen molar-refractivity contribution in [3.8, 4) is 0 Å². The molecule has 0 aliphatic heterocycles. The fraction of sp³-hybridized carbons (Fsp3) is 0.143. The van der Waals surface area contributed by atoms with Crippen LogP contribution in [0.15, 0.2) is 12.1 Å². The summed E-state index contributed by atoms with van der Waals surface area (Å²) in [6.07, 6.45) is -4.84. The molecule has 15 heavy (non-hydrogen) atoms. The van der Waals surface area contributed by atoms with Gasteiger partial charge in [0, 0.05) is 0 Å². The molecular formula is C7H4F4N2O2. The lowest BCUT2D eigenvalue weighted by Gasteiger charge is -2.09. The van der Waals surface area contributed by atoms with E-state index in [1.54, 1.807) is 0 Å². The van der Waals surface area contributed by atoms with E-state index < -0.39 is 33.9 Å². The lowest BCUT2D eigenvalue weighted by Crippen LogP contribution is -2.11. The van der Waals surface area contributed by atoms with Gasteiger partial charge in [-0.15, -0.1) is 0 Å². The van der Waals surface area contributed by atoms with Crippen molar-refractivity contribution in [2.24, 2.45) is 0 Å². The van der Waals surface area contributed by atoms with Crippen LogP contribution in [0.25, 0.3) is 0 Å². The average Bonchev–Trinajstić information content (AvgIpc) is 2.00. The van der Waals surface area contributed by atoms with Crippen LogP contribution in [0, 0.1) is 15.9 Å². The summed E-state index contributed by atoms with van der Waals surface area (Å²) in [5, 5.41) is 10.2. The molecule has 0 amide bonds. The summed E-state index contributed by atoms with van der Waals surface area (Å²) in [5.74, 6) is -1.40. The molecule has 0 radical (unpaired) electrons. The molecule has 2 N–H and O–H groups in total. The molecular weight excluding hydrogens is 220 g/mol. The first-order valence-electron chi connectivity index (χ1n) is 3.54. The number of nitro groups is 1. The molecule has 8 heteroatoms. The van der Waals surface area contributed by atoms with Crippen LogP contribution < -0.4 is 5.73 Å². The highest BCUT2D eigenvalue weighted by molar-refractivity contribution is 5.64. The van der Waals surface area contributed by atoms with Crippen LogP contribution in [0.3, 0.4) is 0 Å². The standard InChI is InChI=1S/C7H4F4N2O2/c8-4-2-1-3(7(9,10)11)5(12)6(4)13(14)15/h1-2H,12H2. The summed E-state index contributed by atoms with van der Waals surface area (Å²) < 4.78 is 49.4. The highest BCUT2D eigenvalue weighted by Crippen LogP contribution is 2.38. The minimum Gasteiger partial charge on any atom is -0.393 e. The van der Waals surface area contributed by atoms with Crippen LogP contribution in [0.5, 0.6) is 0 Å². The topological polar surface area (TPSA) is 69.2 Å². The number of nitrogens with zero attached hydrogens (tertiary/aromatic N) is 1. The van der Waals surface area contributed by atoms with Gasteiger partial charge in [-0.2, -0.15) is 17.6 Å². The SMILES string of the molecule is Nc1c(C(F)(F)F)ccc(F)c1[N+](=O)[O-]. The fourth-order valence-electron chi connectivity index (χ4n) is 1.01. The first kappa shape index (κ1) is 11.2. The van der Waals surface area contributed by atoms with Crippen molar-refractivity contribution in [1.82, 2.24) is 0 Å². The first-order valence-corrected chi connectivity index (χ1v) is 3.54. The Balaban J connectivity index is 3.49. The Labute approximate surface area is 80.5 Å². The number of rotatable bonds is 1. The zero-order valence-corrected chi connectivity index (χ0v) is 7.01. The van der Waals surface area contributed by atoms with Gasteiger partial charge in [0.1, 0.15) is 5.69 Å². The summed E-state index contributed by atoms with van der Waals surface area (Å²) in [5.41, 5.74) is 0.877. The number of hydrogen-bond donors (Lipinski definition) is 1. The number of halogens is 4. The molecule has 0 aliphatic rings. The zero-order chi connectivity index (χ0) is 11.8. The second-order valence-electron chi connectivity index (χ2n) is 2.61. The van der Waals surface area contributed by atoms with Gasteiger partial charge in [0.2, 0.25) is 5.82 Å². The van der Waals surface area contributed by atoms with Crippen LogP contribution in [-0.2, 0) is 6.18 Å². The Kier molecular flexibility index (Phi) is 2.52. The summed E-state index contributed by atoms with van der Waals surface area (Å²) in [6.45, 7) is 0. The largest absolute Gasteiger partial charge is 0.418 e. The lowest BCUT2D eigenvalue weighted by atomic mass is 10.1. The van der Waals surface area contributed by atoms with E-state index in [2.05, 4.69) is 0 Å². The molecule has 0 spiro atoms. The molecule has 0 heterocycles. The maximum atomic E-state index is 12.8. The highest BCUT2D eigenvalue weighted by Gasteiger charge is 2.37. The van der Waals surface area contributed by atoms with Crippen LogP contribution in [0.4, 0.5) is 28.9 Å². The number of benzene rings is 1. The van der Waals surface area contributed by atoms with E-state index in [-0.39, 0.29) is 0 Å². The second-order valence-corrected chi connectivity index (χ2v) is 2.61. The van der Waals surface area contributed by atoms with Crippen molar-refractivity contribution in [1.29, 1.82) is 0 Å². The van der Waals surface area contributed by atoms with Crippen LogP contribution in [-0.4, -0.2) is 4.92 Å². The van der Waals surface area contributed by atoms with E-state index in [1.165, 1.54) is 0 Å². The average molecular weight is 224 g/mol. The van der Waals surface area contributed by atoms with Gasteiger partial charge in [0.25, 0.3) is 0 Å². The number of nitro benzene ring substituents is 1. The number of alkyl halides is 3. The van der Waals surface area contributed by atoms with Gasteiger partial charge in [-0.1, -0.05) is 0 Å². The molecule has 0 bridgehead atoms. The van der Waals surface area contributed by atoms with Crippen molar-refractivity contribution < 1.29 is 22.5 Å². The first-order chi connectivity index (χ1) is 6.75. The van der Waals surface area contributed by atoms with E-state index in [4.69, 9.17) is 5.73 Å². The molecule has 82 valence electrons. The van der Waals surface area contributed by atoms with Gasteiger partial charge < -0.3 is 5.73 Å². The number of hydrogen-bond acceptors (Lipinski definition) is 3. The van der Waals surface area contributed by atoms with Gasteiger partial charge in [-0.25, -0.2) is 0 Å². The Hall–Kier alpha value is -1.86. The van der Waals surface area contributed by atoms with Gasteiger partial charge in [-0.05, 0) is 12.1 Å². The third kappa shape index (κ3) is 1.97. The molecule has 0 saturated heterocycles. The molecule has 0 aliphatic carbocycles. The van der Waals surface area contributed by atoms with Gasteiger partial charge >= 0.3 is 11.9 Å². The van der Waals surface area contributed by atoms with Crippen LogP contribution in [0.1, 0.15) is 5.56 Å². The Morgan fingerprint density at radius 2 is 1.87 bits per heavy atom. The maximum absolute atomic E-state index is 12.8. The Morgan fingerprint density at radius 3 is 2.27 bits per heavy atom.